The predicted octanol–water partition coefficient (Wildman–Crippen LogP) is 5.87. The molecule has 1 aromatic heterocycles. The van der Waals surface area contributed by atoms with Crippen molar-refractivity contribution < 1.29 is 14.3 Å². The molecule has 5 heteroatoms. The van der Waals surface area contributed by atoms with Crippen LogP contribution in [0.4, 0.5) is 5.69 Å². The van der Waals surface area contributed by atoms with Gasteiger partial charge in [-0.2, -0.15) is 0 Å². The maximum atomic E-state index is 12.7. The van der Waals surface area contributed by atoms with Gasteiger partial charge in [-0.15, -0.1) is 11.3 Å². The van der Waals surface area contributed by atoms with Gasteiger partial charge in [0.05, 0.1) is 0 Å². The largest absolute Gasteiger partial charge is 0.448 e. The van der Waals surface area contributed by atoms with E-state index in [1.807, 2.05) is 60.7 Å². The lowest BCUT2D eigenvalue weighted by Crippen LogP contribution is -2.30. The number of carbonyl (C=O) groups is 2. The van der Waals surface area contributed by atoms with E-state index in [1.54, 1.807) is 6.92 Å². The highest BCUT2D eigenvalue weighted by atomic mass is 32.1. The number of thiophene rings is 1. The predicted molar refractivity (Wildman–Crippen MR) is 121 cm³/mol. The summed E-state index contributed by atoms with van der Waals surface area (Å²) < 4.78 is 5.48. The first-order valence-corrected chi connectivity index (χ1v) is 11.2. The highest BCUT2D eigenvalue weighted by Gasteiger charge is 2.23. The molecule has 0 aliphatic heterocycles. The summed E-state index contributed by atoms with van der Waals surface area (Å²) in [7, 11) is 0. The highest BCUT2D eigenvalue weighted by molar-refractivity contribution is 7.14. The Morgan fingerprint density at radius 1 is 0.967 bits per heavy atom. The van der Waals surface area contributed by atoms with Crippen LogP contribution in [0.1, 0.15) is 46.3 Å². The van der Waals surface area contributed by atoms with E-state index < -0.39 is 12.1 Å². The summed E-state index contributed by atoms with van der Waals surface area (Å²) in [5, 5.41) is 2.91. The molecule has 1 amide bonds. The van der Waals surface area contributed by atoms with Crippen molar-refractivity contribution in [2.75, 3.05) is 5.32 Å². The molecule has 1 aliphatic rings. The first-order valence-electron chi connectivity index (χ1n) is 10.4. The molecule has 0 bridgehead atoms. The van der Waals surface area contributed by atoms with Crippen molar-refractivity contribution in [1.29, 1.82) is 0 Å². The molecule has 1 aliphatic carbocycles. The minimum Gasteiger partial charge on any atom is -0.448 e. The minimum absolute atomic E-state index is 0.343. The Kier molecular flexibility index (Phi) is 6.29. The minimum atomic E-state index is -0.886. The zero-order chi connectivity index (χ0) is 20.9. The summed E-state index contributed by atoms with van der Waals surface area (Å²) in [4.78, 5) is 27.2. The molecule has 4 nitrogen and oxygen atoms in total. The summed E-state index contributed by atoms with van der Waals surface area (Å²) in [6.07, 6.45) is 4.73. The Hall–Kier alpha value is -2.92. The summed E-state index contributed by atoms with van der Waals surface area (Å²) in [6.45, 7) is 1.61. The number of rotatable bonds is 5. The third-order valence-electron chi connectivity index (χ3n) is 5.37. The number of anilines is 1. The quantitative estimate of drug-likeness (QED) is 0.416. The molecule has 3 aromatic rings. The smallest absolute Gasteiger partial charge is 0.349 e. The molecule has 1 N–H and O–H groups in total. The number of carbonyl (C=O) groups excluding carboxylic acids is 2. The maximum absolute atomic E-state index is 12.7. The Labute approximate surface area is 180 Å². The number of benzene rings is 2. The second-order valence-electron chi connectivity index (χ2n) is 7.57. The molecule has 0 saturated carbocycles. The first kappa shape index (κ1) is 20.4. The van der Waals surface area contributed by atoms with Crippen LogP contribution in [0.2, 0.25) is 0 Å². The fourth-order valence-corrected chi connectivity index (χ4v) is 4.87. The molecule has 4 rings (SSSR count). The number of hydrogen-bond acceptors (Lipinski definition) is 4. The molecule has 0 radical (unpaired) electrons. The van der Waals surface area contributed by atoms with E-state index >= 15 is 0 Å². The number of ether oxygens (including phenoxy) is 1. The fraction of sp³-hybridized carbons (Fsp3) is 0.280. The summed E-state index contributed by atoms with van der Waals surface area (Å²) in [6, 6.07) is 19.4. The van der Waals surface area contributed by atoms with E-state index in [0.29, 0.717) is 10.6 Å². The van der Waals surface area contributed by atoms with Crippen molar-refractivity contribution >= 4 is 28.9 Å². The first-order chi connectivity index (χ1) is 14.6. The molecule has 1 heterocycles. The zero-order valence-electron chi connectivity index (χ0n) is 17.0. The van der Waals surface area contributed by atoms with Crippen LogP contribution in [0.25, 0.3) is 11.1 Å². The number of fused-ring (bicyclic) bond motifs is 1. The summed E-state index contributed by atoms with van der Waals surface area (Å²) in [5.74, 6) is -0.767. The molecule has 0 saturated heterocycles. The van der Waals surface area contributed by atoms with Gasteiger partial charge in [0.15, 0.2) is 6.10 Å². The van der Waals surface area contributed by atoms with Gasteiger partial charge in [-0.25, -0.2) is 4.79 Å². The Morgan fingerprint density at radius 2 is 1.70 bits per heavy atom. The maximum Gasteiger partial charge on any atom is 0.349 e. The van der Waals surface area contributed by atoms with Crippen molar-refractivity contribution in [3.63, 3.8) is 0 Å². The fourth-order valence-electron chi connectivity index (χ4n) is 3.74. The van der Waals surface area contributed by atoms with Crippen molar-refractivity contribution in [1.82, 2.24) is 0 Å². The molecule has 2 aromatic carbocycles. The standard InChI is InChI=1S/C25H25NO3S/c1-17(29-25(28)23-16-19-12-6-3-7-15-22(19)30-23)24(27)26-21-14-9-8-13-20(21)18-10-4-2-5-11-18/h2,4-5,8-11,13-14,16-17H,3,6-7,12,15H2,1H3,(H,26,27). The molecule has 1 atom stereocenters. The van der Waals surface area contributed by atoms with Crippen LogP contribution in [0, 0.1) is 0 Å². The number of para-hydroxylation sites is 1. The molecular formula is C25H25NO3S. The lowest BCUT2D eigenvalue weighted by molar-refractivity contribution is -0.123. The van der Waals surface area contributed by atoms with Crippen LogP contribution in [-0.2, 0) is 22.4 Å². The van der Waals surface area contributed by atoms with Gasteiger partial charge in [-0.3, -0.25) is 4.79 Å². The number of nitrogens with one attached hydrogen (secondary N) is 1. The van der Waals surface area contributed by atoms with Crippen molar-refractivity contribution in [2.45, 2.75) is 45.1 Å². The van der Waals surface area contributed by atoms with Gasteiger partial charge in [0, 0.05) is 16.1 Å². The van der Waals surface area contributed by atoms with E-state index in [2.05, 4.69) is 5.32 Å². The van der Waals surface area contributed by atoms with Crippen LogP contribution >= 0.6 is 11.3 Å². The van der Waals surface area contributed by atoms with Crippen molar-refractivity contribution in [3.8, 4) is 11.1 Å². The average molecular weight is 420 g/mol. The van der Waals surface area contributed by atoms with Gasteiger partial charge >= 0.3 is 5.97 Å². The summed E-state index contributed by atoms with van der Waals surface area (Å²) >= 11 is 1.51. The second-order valence-corrected chi connectivity index (χ2v) is 8.70. The summed E-state index contributed by atoms with van der Waals surface area (Å²) in [5.41, 5.74) is 3.89. The number of amides is 1. The topological polar surface area (TPSA) is 55.4 Å². The molecule has 0 fully saturated rings. The van der Waals surface area contributed by atoms with Gasteiger partial charge in [-0.1, -0.05) is 55.0 Å². The molecule has 0 spiro atoms. The third kappa shape index (κ3) is 4.62. The van der Waals surface area contributed by atoms with Crippen LogP contribution in [-0.4, -0.2) is 18.0 Å². The number of esters is 1. The highest BCUT2D eigenvalue weighted by Crippen LogP contribution is 2.30. The van der Waals surface area contributed by atoms with Gasteiger partial charge < -0.3 is 10.1 Å². The van der Waals surface area contributed by atoms with Crippen molar-refractivity contribution in [2.24, 2.45) is 0 Å². The SMILES string of the molecule is CC(OC(=O)c1cc2c(s1)CCCCC2)C(=O)Nc1ccccc1-c1ccccc1. The van der Waals surface area contributed by atoms with E-state index in [1.165, 1.54) is 34.6 Å². The van der Waals surface area contributed by atoms with Gasteiger partial charge in [-0.05, 0) is 55.9 Å². The van der Waals surface area contributed by atoms with Gasteiger partial charge in [0.1, 0.15) is 4.88 Å². The molecule has 30 heavy (non-hydrogen) atoms. The van der Waals surface area contributed by atoms with E-state index in [0.717, 1.165) is 30.4 Å². The third-order valence-corrected chi connectivity index (χ3v) is 6.59. The van der Waals surface area contributed by atoms with Gasteiger partial charge in [0.25, 0.3) is 5.91 Å². The van der Waals surface area contributed by atoms with Gasteiger partial charge in [0.2, 0.25) is 0 Å². The normalized spacial score (nSPS) is 14.3. The second kappa shape index (κ2) is 9.26. The molecule has 154 valence electrons. The van der Waals surface area contributed by atoms with Crippen LogP contribution < -0.4 is 5.32 Å². The van der Waals surface area contributed by atoms with E-state index in [4.69, 9.17) is 4.74 Å². The van der Waals surface area contributed by atoms with Crippen LogP contribution in [0.15, 0.2) is 60.7 Å². The van der Waals surface area contributed by atoms with Crippen molar-refractivity contribution in [3.05, 3.63) is 76.0 Å². The zero-order valence-corrected chi connectivity index (χ0v) is 17.8. The lowest BCUT2D eigenvalue weighted by atomic mass is 10.0. The van der Waals surface area contributed by atoms with E-state index in [9.17, 15) is 9.59 Å². The monoisotopic (exact) mass is 419 g/mol. The Bertz CT molecular complexity index is 1020. The van der Waals surface area contributed by atoms with Crippen LogP contribution in [0.3, 0.4) is 0 Å². The van der Waals surface area contributed by atoms with Crippen LogP contribution in [0.5, 0.6) is 0 Å². The number of aryl methyl sites for hydroxylation is 2. The Balaban J connectivity index is 1.43. The number of hydrogen-bond donors (Lipinski definition) is 1. The Morgan fingerprint density at radius 3 is 2.53 bits per heavy atom. The molecular weight excluding hydrogens is 394 g/mol. The lowest BCUT2D eigenvalue weighted by Gasteiger charge is -2.15. The average Bonchev–Trinajstić information content (AvgIpc) is 3.05. The molecule has 1 unspecified atom stereocenters. The van der Waals surface area contributed by atoms with E-state index in [-0.39, 0.29) is 5.91 Å².